The van der Waals surface area contributed by atoms with Crippen molar-refractivity contribution in [2.24, 2.45) is 11.8 Å². The molecule has 13 heavy (non-hydrogen) atoms. The molecule has 1 rings (SSSR count). The molecule has 0 amide bonds. The van der Waals surface area contributed by atoms with Gasteiger partial charge >= 0.3 is 0 Å². The smallest absolute Gasteiger partial charge is 0.0741 e. The number of hydrogen-bond acceptors (Lipinski definition) is 2. The molecule has 1 fully saturated rings. The zero-order valence-corrected chi connectivity index (χ0v) is 9.30. The van der Waals surface area contributed by atoms with Crippen LogP contribution in [0.3, 0.4) is 0 Å². The second kappa shape index (κ2) is 3.97. The van der Waals surface area contributed by atoms with Crippen LogP contribution in [0.2, 0.25) is 0 Å². The highest BCUT2D eigenvalue weighted by Gasteiger charge is 2.29. The minimum Gasteiger partial charge on any atom is -0.389 e. The maximum atomic E-state index is 9.69. The summed E-state index contributed by atoms with van der Waals surface area (Å²) in [6.07, 6.45) is 2.81. The lowest BCUT2D eigenvalue weighted by Gasteiger charge is -2.28. The molecule has 0 saturated heterocycles. The molecule has 2 atom stereocenters. The lowest BCUT2D eigenvalue weighted by atomic mass is 9.99. The Morgan fingerprint density at radius 3 is 2.31 bits per heavy atom. The van der Waals surface area contributed by atoms with Crippen molar-refractivity contribution in [3.8, 4) is 0 Å². The Bertz CT molecular complexity index is 158. The summed E-state index contributed by atoms with van der Waals surface area (Å²) in [7, 11) is 0. The molecule has 0 bridgehead atoms. The van der Waals surface area contributed by atoms with Crippen LogP contribution in [-0.4, -0.2) is 23.3 Å². The van der Waals surface area contributed by atoms with Crippen LogP contribution in [0, 0.1) is 11.8 Å². The maximum Gasteiger partial charge on any atom is 0.0741 e. The molecule has 0 aliphatic heterocycles. The van der Waals surface area contributed by atoms with Gasteiger partial charge in [-0.25, -0.2) is 0 Å². The first-order valence-corrected chi connectivity index (χ1v) is 5.37. The van der Waals surface area contributed by atoms with E-state index in [1.807, 2.05) is 20.8 Å². The largest absolute Gasteiger partial charge is 0.389 e. The van der Waals surface area contributed by atoms with Crippen molar-refractivity contribution in [2.75, 3.05) is 6.54 Å². The van der Waals surface area contributed by atoms with Gasteiger partial charge in [-0.1, -0.05) is 6.92 Å². The van der Waals surface area contributed by atoms with Crippen molar-refractivity contribution in [1.82, 2.24) is 5.32 Å². The molecule has 0 aromatic heterocycles. The molecule has 2 unspecified atom stereocenters. The minimum absolute atomic E-state index is 0.175. The lowest BCUT2D eigenvalue weighted by Crippen LogP contribution is -2.46. The topological polar surface area (TPSA) is 32.3 Å². The Kier molecular flexibility index (Phi) is 3.36. The molecule has 0 spiro atoms. The molecule has 0 radical (unpaired) electrons. The first kappa shape index (κ1) is 11.0. The molecule has 1 aliphatic rings. The number of nitrogens with one attached hydrogen (secondary N) is 1. The number of aliphatic hydroxyl groups is 1. The fraction of sp³-hybridized carbons (Fsp3) is 1.00. The summed E-state index contributed by atoms with van der Waals surface area (Å²) in [6.45, 7) is 9.08. The van der Waals surface area contributed by atoms with Crippen LogP contribution in [0.1, 0.15) is 40.5 Å². The molecule has 2 N–H and O–H groups in total. The van der Waals surface area contributed by atoms with Crippen molar-refractivity contribution in [3.05, 3.63) is 0 Å². The molecule has 78 valence electrons. The van der Waals surface area contributed by atoms with Crippen molar-refractivity contribution in [3.63, 3.8) is 0 Å². The Morgan fingerprint density at radius 2 is 1.92 bits per heavy atom. The van der Waals surface area contributed by atoms with Crippen LogP contribution in [0.15, 0.2) is 0 Å². The van der Waals surface area contributed by atoms with Crippen molar-refractivity contribution in [1.29, 1.82) is 0 Å². The van der Waals surface area contributed by atoms with E-state index in [0.29, 0.717) is 0 Å². The van der Waals surface area contributed by atoms with Crippen LogP contribution in [0.4, 0.5) is 0 Å². The van der Waals surface area contributed by atoms with E-state index < -0.39 is 5.60 Å². The fourth-order valence-electron chi connectivity index (χ4n) is 1.44. The maximum absolute atomic E-state index is 9.69. The predicted molar refractivity (Wildman–Crippen MR) is 55.7 cm³/mol. The Morgan fingerprint density at radius 1 is 1.38 bits per heavy atom. The summed E-state index contributed by atoms with van der Waals surface area (Å²) >= 11 is 0. The first-order valence-electron chi connectivity index (χ1n) is 5.37. The van der Waals surface area contributed by atoms with Crippen molar-refractivity contribution >= 4 is 0 Å². The van der Waals surface area contributed by atoms with Crippen molar-refractivity contribution < 1.29 is 5.11 Å². The van der Waals surface area contributed by atoms with Gasteiger partial charge in [-0.15, -0.1) is 0 Å². The van der Waals surface area contributed by atoms with Crippen LogP contribution < -0.4 is 5.32 Å². The van der Waals surface area contributed by atoms with Crippen LogP contribution in [0.25, 0.3) is 0 Å². The quantitative estimate of drug-likeness (QED) is 0.684. The molecule has 2 heteroatoms. The van der Waals surface area contributed by atoms with E-state index in [1.165, 1.54) is 12.8 Å². The standard InChI is InChI=1S/C11H23NO/c1-8(10-5-6-10)7-12-9(2)11(3,4)13/h8-10,12-13H,5-7H2,1-4H3. The molecule has 0 aromatic carbocycles. The van der Waals surface area contributed by atoms with E-state index in [2.05, 4.69) is 12.2 Å². The molecular weight excluding hydrogens is 162 g/mol. The van der Waals surface area contributed by atoms with Gasteiger partial charge in [0.15, 0.2) is 0 Å². The normalized spacial score (nSPS) is 22.8. The third kappa shape index (κ3) is 3.65. The highest BCUT2D eigenvalue weighted by Crippen LogP contribution is 2.36. The number of rotatable bonds is 5. The second-order valence-electron chi connectivity index (χ2n) is 5.10. The van der Waals surface area contributed by atoms with Crippen LogP contribution >= 0.6 is 0 Å². The number of hydrogen-bond donors (Lipinski definition) is 2. The predicted octanol–water partition coefficient (Wildman–Crippen LogP) is 1.78. The van der Waals surface area contributed by atoms with Gasteiger partial charge in [0, 0.05) is 6.04 Å². The third-order valence-electron chi connectivity index (χ3n) is 3.23. The average Bonchev–Trinajstić information content (AvgIpc) is 2.79. The average molecular weight is 185 g/mol. The van der Waals surface area contributed by atoms with Crippen LogP contribution in [0.5, 0.6) is 0 Å². The zero-order chi connectivity index (χ0) is 10.1. The Hall–Kier alpha value is -0.0800. The van der Waals surface area contributed by atoms with Crippen LogP contribution in [-0.2, 0) is 0 Å². The Balaban J connectivity index is 2.17. The summed E-state index contributed by atoms with van der Waals surface area (Å²) in [5, 5.41) is 13.1. The summed E-state index contributed by atoms with van der Waals surface area (Å²) in [4.78, 5) is 0. The SMILES string of the molecule is CC(CNC(C)C(C)(C)O)C1CC1. The molecule has 1 saturated carbocycles. The van der Waals surface area contributed by atoms with E-state index >= 15 is 0 Å². The summed E-state index contributed by atoms with van der Waals surface area (Å²) in [6, 6.07) is 0.175. The van der Waals surface area contributed by atoms with Gasteiger partial charge in [-0.05, 0) is 52.0 Å². The fourth-order valence-corrected chi connectivity index (χ4v) is 1.44. The highest BCUT2D eigenvalue weighted by molar-refractivity contribution is 4.84. The molecular formula is C11H23NO. The van der Waals surface area contributed by atoms with E-state index in [-0.39, 0.29) is 6.04 Å². The van der Waals surface area contributed by atoms with E-state index in [0.717, 1.165) is 18.4 Å². The highest BCUT2D eigenvalue weighted by atomic mass is 16.3. The van der Waals surface area contributed by atoms with Gasteiger partial charge in [0.25, 0.3) is 0 Å². The zero-order valence-electron chi connectivity index (χ0n) is 9.30. The third-order valence-corrected chi connectivity index (χ3v) is 3.23. The van der Waals surface area contributed by atoms with Gasteiger partial charge in [0.2, 0.25) is 0 Å². The summed E-state index contributed by atoms with van der Waals surface area (Å²) < 4.78 is 0. The first-order chi connectivity index (χ1) is 5.91. The lowest BCUT2D eigenvalue weighted by molar-refractivity contribution is 0.0428. The van der Waals surface area contributed by atoms with E-state index in [1.54, 1.807) is 0 Å². The Labute approximate surface area is 81.7 Å². The van der Waals surface area contributed by atoms with Gasteiger partial charge in [0.1, 0.15) is 0 Å². The molecule has 1 aliphatic carbocycles. The van der Waals surface area contributed by atoms with Gasteiger partial charge in [-0.3, -0.25) is 0 Å². The summed E-state index contributed by atoms with van der Waals surface area (Å²) in [5.41, 5.74) is -0.608. The van der Waals surface area contributed by atoms with Gasteiger partial charge in [-0.2, -0.15) is 0 Å². The molecule has 2 nitrogen and oxygen atoms in total. The summed E-state index contributed by atoms with van der Waals surface area (Å²) in [5.74, 6) is 1.71. The van der Waals surface area contributed by atoms with Crippen molar-refractivity contribution in [2.45, 2.75) is 52.2 Å². The second-order valence-corrected chi connectivity index (χ2v) is 5.10. The van der Waals surface area contributed by atoms with Gasteiger partial charge < -0.3 is 10.4 Å². The van der Waals surface area contributed by atoms with Gasteiger partial charge in [0.05, 0.1) is 5.60 Å². The van der Waals surface area contributed by atoms with E-state index in [4.69, 9.17) is 0 Å². The van der Waals surface area contributed by atoms with E-state index in [9.17, 15) is 5.11 Å². The molecule has 0 aromatic rings. The molecule has 0 heterocycles. The minimum atomic E-state index is -0.608. The monoisotopic (exact) mass is 185 g/mol.